The Balaban J connectivity index is 1.04. The van der Waals surface area contributed by atoms with E-state index in [4.69, 9.17) is 4.42 Å². The highest BCUT2D eigenvalue weighted by Gasteiger charge is 2.51. The van der Waals surface area contributed by atoms with Crippen LogP contribution in [0.5, 0.6) is 0 Å². The van der Waals surface area contributed by atoms with Crippen LogP contribution in [0.25, 0.3) is 11.5 Å². The highest BCUT2D eigenvalue weighted by atomic mass is 32.2. The first-order chi connectivity index (χ1) is 16.5. The predicted octanol–water partition coefficient (Wildman–Crippen LogP) is 6.63. The number of thioether (sulfide) groups is 1. The molecule has 3 aromatic rings. The topological polar surface area (TPSA) is 68.0 Å². The van der Waals surface area contributed by atoms with Crippen LogP contribution in [0.15, 0.2) is 58.2 Å². The number of anilines is 1. The van der Waals surface area contributed by atoms with Crippen LogP contribution in [0.1, 0.15) is 56.1 Å². The highest BCUT2D eigenvalue weighted by molar-refractivity contribution is 7.99. The third kappa shape index (κ3) is 4.40. The minimum absolute atomic E-state index is 0.0217. The lowest BCUT2D eigenvalue weighted by Crippen LogP contribution is -2.48. The molecule has 0 radical (unpaired) electrons. The number of nitrogens with one attached hydrogen (secondary N) is 1. The number of carbonyl (C=O) groups excluding carboxylic acids is 1. The largest absolute Gasteiger partial charge is 0.411 e. The van der Waals surface area contributed by atoms with Gasteiger partial charge < -0.3 is 9.73 Å². The van der Waals surface area contributed by atoms with Crippen molar-refractivity contribution in [2.75, 3.05) is 11.1 Å². The summed E-state index contributed by atoms with van der Waals surface area (Å²) < 4.78 is 5.75. The van der Waals surface area contributed by atoms with Crippen LogP contribution in [0, 0.1) is 24.7 Å². The first-order valence-corrected chi connectivity index (χ1v) is 13.5. The number of nitrogens with zero attached hydrogens (tertiary/aromatic N) is 2. The second kappa shape index (κ2) is 8.88. The Morgan fingerprint density at radius 1 is 1.03 bits per heavy atom. The fourth-order valence-corrected chi connectivity index (χ4v) is 7.62. The second-order valence-corrected chi connectivity index (χ2v) is 11.7. The van der Waals surface area contributed by atoms with Gasteiger partial charge in [-0.2, -0.15) is 0 Å². The molecule has 4 bridgehead atoms. The maximum absolute atomic E-state index is 12.6. The van der Waals surface area contributed by atoms with Crippen LogP contribution in [-0.4, -0.2) is 21.9 Å². The molecule has 4 aliphatic carbocycles. The van der Waals surface area contributed by atoms with Gasteiger partial charge in [-0.05, 0) is 98.4 Å². The van der Waals surface area contributed by atoms with Crippen LogP contribution in [0.4, 0.5) is 5.69 Å². The summed E-state index contributed by atoms with van der Waals surface area (Å²) in [4.78, 5) is 12.6. The summed E-state index contributed by atoms with van der Waals surface area (Å²) in [5.74, 6) is 3.87. The Kier molecular flexibility index (Phi) is 5.72. The van der Waals surface area contributed by atoms with E-state index in [9.17, 15) is 4.79 Å². The molecule has 2 aromatic carbocycles. The SMILES string of the molecule is Cc1ccc(-c2nnc(SCCC(=O)Nc3cccc(C45CC6CC(CC(C6)C4)C5)c3)o2)cc1. The van der Waals surface area contributed by atoms with Crippen molar-refractivity contribution < 1.29 is 9.21 Å². The fraction of sp³-hybridized carbons (Fsp3) is 0.464. The van der Waals surface area contributed by atoms with E-state index in [0.29, 0.717) is 28.7 Å². The summed E-state index contributed by atoms with van der Waals surface area (Å²) in [6.07, 6.45) is 8.74. The average molecular weight is 474 g/mol. The molecule has 0 aliphatic heterocycles. The number of benzene rings is 2. The number of carbonyl (C=O) groups is 1. The van der Waals surface area contributed by atoms with Gasteiger partial charge in [-0.3, -0.25) is 4.79 Å². The quantitative estimate of drug-likeness (QED) is 0.390. The zero-order chi connectivity index (χ0) is 23.1. The minimum atomic E-state index is 0.0217. The lowest BCUT2D eigenvalue weighted by atomic mass is 9.48. The molecule has 0 spiro atoms. The van der Waals surface area contributed by atoms with Crippen molar-refractivity contribution in [1.82, 2.24) is 10.2 Å². The van der Waals surface area contributed by atoms with E-state index in [2.05, 4.69) is 33.7 Å². The van der Waals surface area contributed by atoms with Crippen LogP contribution in [-0.2, 0) is 10.2 Å². The summed E-state index contributed by atoms with van der Waals surface area (Å²) in [6, 6.07) is 16.7. The van der Waals surface area contributed by atoms with Crippen molar-refractivity contribution in [1.29, 1.82) is 0 Å². The smallest absolute Gasteiger partial charge is 0.276 e. The van der Waals surface area contributed by atoms with Crippen molar-refractivity contribution >= 4 is 23.4 Å². The first-order valence-electron chi connectivity index (χ1n) is 12.5. The fourth-order valence-electron chi connectivity index (χ4n) is 6.93. The molecule has 0 atom stereocenters. The number of hydrogen-bond acceptors (Lipinski definition) is 5. The van der Waals surface area contributed by atoms with E-state index in [1.54, 1.807) is 0 Å². The summed E-state index contributed by atoms with van der Waals surface area (Å²) in [7, 11) is 0. The zero-order valence-electron chi connectivity index (χ0n) is 19.6. The van der Waals surface area contributed by atoms with Gasteiger partial charge in [0.2, 0.25) is 11.8 Å². The van der Waals surface area contributed by atoms with E-state index in [1.807, 2.05) is 37.3 Å². The normalized spacial score (nSPS) is 27.1. The number of aryl methyl sites for hydroxylation is 1. The maximum atomic E-state index is 12.6. The summed E-state index contributed by atoms with van der Waals surface area (Å²) in [5, 5.41) is 11.9. The van der Waals surface area contributed by atoms with Crippen LogP contribution in [0.3, 0.4) is 0 Å². The standard InChI is InChI=1S/C28H31N3O2S/c1-18-5-7-22(8-6-18)26-30-31-27(33-26)34-10-9-25(32)29-24-4-2-3-23(14-24)28-15-19-11-20(16-28)13-21(12-19)17-28/h2-8,14,19-21H,9-13,15-17H2,1H3,(H,29,32). The van der Waals surface area contributed by atoms with Crippen LogP contribution in [0.2, 0.25) is 0 Å². The Bertz CT molecular complexity index is 1150. The molecule has 0 saturated heterocycles. The van der Waals surface area contributed by atoms with E-state index in [1.165, 1.54) is 61.4 Å². The lowest BCUT2D eigenvalue weighted by Gasteiger charge is -2.57. The van der Waals surface area contributed by atoms with Gasteiger partial charge in [0.15, 0.2) is 0 Å². The van der Waals surface area contributed by atoms with Gasteiger partial charge in [-0.25, -0.2) is 0 Å². The molecule has 6 heteroatoms. The van der Waals surface area contributed by atoms with E-state index >= 15 is 0 Å². The van der Waals surface area contributed by atoms with E-state index in [0.717, 1.165) is 29.0 Å². The molecule has 4 fully saturated rings. The van der Waals surface area contributed by atoms with Gasteiger partial charge >= 0.3 is 0 Å². The maximum Gasteiger partial charge on any atom is 0.276 e. The molecule has 1 amide bonds. The van der Waals surface area contributed by atoms with Crippen molar-refractivity contribution in [3.8, 4) is 11.5 Å². The number of rotatable bonds is 7. The number of hydrogen-bond donors (Lipinski definition) is 1. The molecular formula is C28H31N3O2S. The number of amides is 1. The first kappa shape index (κ1) is 21.9. The second-order valence-electron chi connectivity index (χ2n) is 10.7. The van der Waals surface area contributed by atoms with Gasteiger partial charge in [-0.15, -0.1) is 10.2 Å². The van der Waals surface area contributed by atoms with Crippen molar-refractivity contribution in [2.24, 2.45) is 17.8 Å². The third-order valence-electron chi connectivity index (χ3n) is 8.06. The van der Waals surface area contributed by atoms with Gasteiger partial charge in [0.25, 0.3) is 5.22 Å². The van der Waals surface area contributed by atoms with E-state index < -0.39 is 0 Å². The van der Waals surface area contributed by atoms with Crippen molar-refractivity contribution in [3.63, 3.8) is 0 Å². The molecule has 1 N–H and O–H groups in total. The van der Waals surface area contributed by atoms with Crippen molar-refractivity contribution in [3.05, 3.63) is 59.7 Å². The predicted molar refractivity (Wildman–Crippen MR) is 135 cm³/mol. The third-order valence-corrected chi connectivity index (χ3v) is 8.88. The molecule has 176 valence electrons. The van der Waals surface area contributed by atoms with E-state index in [-0.39, 0.29) is 5.91 Å². The molecule has 7 rings (SSSR count). The molecule has 4 aliphatic rings. The Labute approximate surface area is 205 Å². The molecule has 0 unspecified atom stereocenters. The monoisotopic (exact) mass is 473 g/mol. The minimum Gasteiger partial charge on any atom is -0.411 e. The Morgan fingerprint density at radius 3 is 2.44 bits per heavy atom. The van der Waals surface area contributed by atoms with Gasteiger partial charge in [0, 0.05) is 23.4 Å². The van der Waals surface area contributed by atoms with Gasteiger partial charge in [0.05, 0.1) is 0 Å². The molecule has 4 saturated carbocycles. The lowest BCUT2D eigenvalue weighted by molar-refractivity contribution is -0.115. The van der Waals surface area contributed by atoms with Gasteiger partial charge in [-0.1, -0.05) is 41.6 Å². The Morgan fingerprint density at radius 2 is 1.74 bits per heavy atom. The highest BCUT2D eigenvalue weighted by Crippen LogP contribution is 2.60. The van der Waals surface area contributed by atoms with Crippen LogP contribution >= 0.6 is 11.8 Å². The molecule has 1 aromatic heterocycles. The van der Waals surface area contributed by atoms with Gasteiger partial charge in [0.1, 0.15) is 0 Å². The van der Waals surface area contributed by atoms with Crippen LogP contribution < -0.4 is 5.32 Å². The molecular weight excluding hydrogens is 442 g/mol. The summed E-state index contributed by atoms with van der Waals surface area (Å²) in [5.41, 5.74) is 4.79. The van der Waals surface area contributed by atoms with Crippen molar-refractivity contribution in [2.45, 2.75) is 62.5 Å². The average Bonchev–Trinajstić information content (AvgIpc) is 3.28. The molecule has 34 heavy (non-hydrogen) atoms. The summed E-state index contributed by atoms with van der Waals surface area (Å²) >= 11 is 1.42. The summed E-state index contributed by atoms with van der Waals surface area (Å²) in [6.45, 7) is 2.04. The Hall–Kier alpha value is -2.60. The molecule has 5 nitrogen and oxygen atoms in total. The number of aromatic nitrogens is 2. The zero-order valence-corrected chi connectivity index (χ0v) is 20.4. The molecule has 1 heterocycles.